The van der Waals surface area contributed by atoms with Gasteiger partial charge in [-0.3, -0.25) is 4.79 Å². The van der Waals surface area contributed by atoms with Crippen molar-refractivity contribution < 1.29 is 4.79 Å². The molecule has 0 atom stereocenters. The smallest absolute Gasteiger partial charge is 0.234 e. The molecule has 2 rings (SSSR count). The number of carbonyl (C=O) groups is 1. The van der Waals surface area contributed by atoms with Crippen molar-refractivity contribution in [2.45, 2.75) is 25.8 Å². The molecular formula is C14H20N2O. The first-order valence-electron chi connectivity index (χ1n) is 6.36. The van der Waals surface area contributed by atoms with Crippen LogP contribution in [0.1, 0.15) is 24.8 Å². The fourth-order valence-electron chi connectivity index (χ4n) is 1.95. The van der Waals surface area contributed by atoms with E-state index in [4.69, 9.17) is 0 Å². The highest BCUT2D eigenvalue weighted by atomic mass is 16.1. The van der Waals surface area contributed by atoms with Crippen LogP contribution in [0.5, 0.6) is 0 Å². The number of rotatable bonds is 6. The standard InChI is InChI=1S/C14H20N2O/c17-14(11-15-9-12-7-4-8-12)16-10-13-5-2-1-3-6-13/h1-3,5-6,12,15H,4,7-11H2,(H,16,17). The van der Waals surface area contributed by atoms with Crippen molar-refractivity contribution in [3.8, 4) is 0 Å². The van der Waals surface area contributed by atoms with Crippen molar-refractivity contribution in [1.29, 1.82) is 0 Å². The molecule has 0 radical (unpaired) electrons. The molecule has 0 aromatic heterocycles. The first kappa shape index (κ1) is 12.1. The minimum Gasteiger partial charge on any atom is -0.351 e. The molecule has 1 amide bonds. The van der Waals surface area contributed by atoms with E-state index in [1.54, 1.807) is 0 Å². The number of hydrogen-bond donors (Lipinski definition) is 2. The Morgan fingerprint density at radius 2 is 2.00 bits per heavy atom. The molecule has 3 nitrogen and oxygen atoms in total. The van der Waals surface area contributed by atoms with E-state index in [0.717, 1.165) is 18.0 Å². The molecular weight excluding hydrogens is 212 g/mol. The lowest BCUT2D eigenvalue weighted by atomic mass is 9.85. The molecule has 0 heterocycles. The van der Waals surface area contributed by atoms with E-state index in [1.165, 1.54) is 19.3 Å². The van der Waals surface area contributed by atoms with Crippen molar-refractivity contribution in [3.63, 3.8) is 0 Å². The van der Waals surface area contributed by atoms with E-state index in [2.05, 4.69) is 10.6 Å². The van der Waals surface area contributed by atoms with Gasteiger partial charge in [-0.15, -0.1) is 0 Å². The molecule has 0 aliphatic heterocycles. The zero-order valence-corrected chi connectivity index (χ0v) is 10.1. The van der Waals surface area contributed by atoms with E-state index >= 15 is 0 Å². The summed E-state index contributed by atoms with van der Waals surface area (Å²) in [6, 6.07) is 9.97. The third kappa shape index (κ3) is 4.19. The van der Waals surface area contributed by atoms with Gasteiger partial charge in [-0.05, 0) is 30.9 Å². The van der Waals surface area contributed by atoms with Gasteiger partial charge in [0.15, 0.2) is 0 Å². The lowest BCUT2D eigenvalue weighted by molar-refractivity contribution is -0.120. The predicted molar refractivity (Wildman–Crippen MR) is 68.5 cm³/mol. The third-order valence-electron chi connectivity index (χ3n) is 3.28. The zero-order chi connectivity index (χ0) is 11.9. The lowest BCUT2D eigenvalue weighted by Gasteiger charge is -2.25. The average Bonchev–Trinajstić information content (AvgIpc) is 2.31. The van der Waals surface area contributed by atoms with Crippen LogP contribution in [-0.2, 0) is 11.3 Å². The van der Waals surface area contributed by atoms with E-state index in [0.29, 0.717) is 13.1 Å². The van der Waals surface area contributed by atoms with Gasteiger partial charge >= 0.3 is 0 Å². The normalized spacial score (nSPS) is 15.3. The molecule has 1 aromatic carbocycles. The van der Waals surface area contributed by atoms with Gasteiger partial charge in [0.05, 0.1) is 6.54 Å². The van der Waals surface area contributed by atoms with Crippen molar-refractivity contribution in [3.05, 3.63) is 35.9 Å². The Balaban J connectivity index is 1.57. The van der Waals surface area contributed by atoms with Crippen LogP contribution in [0.15, 0.2) is 30.3 Å². The maximum Gasteiger partial charge on any atom is 0.234 e. The van der Waals surface area contributed by atoms with Gasteiger partial charge in [0.2, 0.25) is 5.91 Å². The first-order chi connectivity index (χ1) is 8.34. The van der Waals surface area contributed by atoms with E-state index in [-0.39, 0.29) is 5.91 Å². The van der Waals surface area contributed by atoms with Crippen molar-refractivity contribution in [1.82, 2.24) is 10.6 Å². The van der Waals surface area contributed by atoms with Gasteiger partial charge in [0.25, 0.3) is 0 Å². The summed E-state index contributed by atoms with van der Waals surface area (Å²) in [4.78, 5) is 11.5. The number of amides is 1. The highest BCUT2D eigenvalue weighted by Crippen LogP contribution is 2.24. The minimum atomic E-state index is 0.0770. The van der Waals surface area contributed by atoms with Gasteiger partial charge in [0.1, 0.15) is 0 Å². The monoisotopic (exact) mass is 232 g/mol. The van der Waals surface area contributed by atoms with Crippen LogP contribution in [0.2, 0.25) is 0 Å². The molecule has 0 bridgehead atoms. The molecule has 0 saturated heterocycles. The molecule has 1 aliphatic carbocycles. The highest BCUT2D eigenvalue weighted by Gasteiger charge is 2.16. The maximum atomic E-state index is 11.5. The second kappa shape index (κ2) is 6.40. The molecule has 0 spiro atoms. The summed E-state index contributed by atoms with van der Waals surface area (Å²) in [5, 5.41) is 6.12. The predicted octanol–water partition coefficient (Wildman–Crippen LogP) is 1.69. The van der Waals surface area contributed by atoms with Gasteiger partial charge in [-0.2, -0.15) is 0 Å². The Morgan fingerprint density at radius 1 is 1.24 bits per heavy atom. The number of benzene rings is 1. The number of nitrogens with one attached hydrogen (secondary N) is 2. The quantitative estimate of drug-likeness (QED) is 0.783. The summed E-state index contributed by atoms with van der Waals surface area (Å²) in [6.07, 6.45) is 3.99. The molecule has 1 saturated carbocycles. The summed E-state index contributed by atoms with van der Waals surface area (Å²) >= 11 is 0. The summed E-state index contributed by atoms with van der Waals surface area (Å²) < 4.78 is 0. The Bertz CT molecular complexity index is 346. The van der Waals surface area contributed by atoms with Crippen LogP contribution in [-0.4, -0.2) is 19.0 Å². The van der Waals surface area contributed by atoms with Crippen LogP contribution in [0, 0.1) is 5.92 Å². The highest BCUT2D eigenvalue weighted by molar-refractivity contribution is 5.77. The van der Waals surface area contributed by atoms with Gasteiger partial charge in [0, 0.05) is 6.54 Å². The first-order valence-corrected chi connectivity index (χ1v) is 6.36. The summed E-state index contributed by atoms with van der Waals surface area (Å²) in [5.41, 5.74) is 1.14. The molecule has 92 valence electrons. The molecule has 2 N–H and O–H groups in total. The number of carbonyl (C=O) groups excluding carboxylic acids is 1. The Labute approximate surface area is 103 Å². The molecule has 3 heteroatoms. The van der Waals surface area contributed by atoms with Crippen LogP contribution in [0.3, 0.4) is 0 Å². The van der Waals surface area contributed by atoms with Crippen LogP contribution in [0.25, 0.3) is 0 Å². The molecule has 1 fully saturated rings. The third-order valence-corrected chi connectivity index (χ3v) is 3.28. The molecule has 0 unspecified atom stereocenters. The zero-order valence-electron chi connectivity index (χ0n) is 10.1. The second-order valence-electron chi connectivity index (χ2n) is 4.69. The van der Waals surface area contributed by atoms with Crippen LogP contribution >= 0.6 is 0 Å². The topological polar surface area (TPSA) is 41.1 Å². The van der Waals surface area contributed by atoms with Crippen molar-refractivity contribution >= 4 is 5.91 Å². The Kier molecular flexibility index (Phi) is 4.56. The SMILES string of the molecule is O=C(CNCC1CCC1)NCc1ccccc1. The van der Waals surface area contributed by atoms with Crippen molar-refractivity contribution in [2.24, 2.45) is 5.92 Å². The van der Waals surface area contributed by atoms with Crippen LogP contribution < -0.4 is 10.6 Å². The molecule has 17 heavy (non-hydrogen) atoms. The largest absolute Gasteiger partial charge is 0.351 e. The van der Waals surface area contributed by atoms with Gasteiger partial charge < -0.3 is 10.6 Å². The van der Waals surface area contributed by atoms with Gasteiger partial charge in [-0.25, -0.2) is 0 Å². The van der Waals surface area contributed by atoms with E-state index < -0.39 is 0 Å². The summed E-state index contributed by atoms with van der Waals surface area (Å²) in [7, 11) is 0. The summed E-state index contributed by atoms with van der Waals surface area (Å²) in [5.74, 6) is 0.880. The van der Waals surface area contributed by atoms with Crippen molar-refractivity contribution in [2.75, 3.05) is 13.1 Å². The Hall–Kier alpha value is -1.35. The minimum absolute atomic E-state index is 0.0770. The summed E-state index contributed by atoms with van der Waals surface area (Å²) in [6.45, 7) is 2.03. The second-order valence-corrected chi connectivity index (χ2v) is 4.69. The van der Waals surface area contributed by atoms with Crippen LogP contribution in [0.4, 0.5) is 0 Å². The van der Waals surface area contributed by atoms with E-state index in [1.807, 2.05) is 30.3 Å². The Morgan fingerprint density at radius 3 is 2.65 bits per heavy atom. The fraction of sp³-hybridized carbons (Fsp3) is 0.500. The maximum absolute atomic E-state index is 11.5. The van der Waals surface area contributed by atoms with Gasteiger partial charge in [-0.1, -0.05) is 36.8 Å². The average molecular weight is 232 g/mol. The molecule has 1 aliphatic rings. The lowest BCUT2D eigenvalue weighted by Crippen LogP contribution is -2.36. The number of hydrogen-bond acceptors (Lipinski definition) is 2. The molecule has 1 aromatic rings. The fourth-order valence-corrected chi connectivity index (χ4v) is 1.95. The van der Waals surface area contributed by atoms with E-state index in [9.17, 15) is 4.79 Å².